The van der Waals surface area contributed by atoms with E-state index in [1.165, 1.54) is 0 Å². The number of aliphatic imine (C=N–C) groups is 1. The van der Waals surface area contributed by atoms with Crippen LogP contribution in [0.2, 0.25) is 0 Å². The first-order valence-electron chi connectivity index (χ1n) is 7.20. The quantitative estimate of drug-likeness (QED) is 0.406. The monoisotopic (exact) mass is 308 g/mol. The molecule has 0 radical (unpaired) electrons. The molecule has 7 nitrogen and oxygen atoms in total. The second-order valence-corrected chi connectivity index (χ2v) is 5.80. The van der Waals surface area contributed by atoms with E-state index in [1.807, 2.05) is 56.4 Å². The molecule has 2 heterocycles. The van der Waals surface area contributed by atoms with Crippen LogP contribution in [-0.4, -0.2) is 16.8 Å². The predicted molar refractivity (Wildman–Crippen MR) is 87.7 cm³/mol. The highest BCUT2D eigenvalue weighted by molar-refractivity contribution is 6.05. The number of aldehydes is 1. The van der Waals surface area contributed by atoms with Crippen LogP contribution in [0.15, 0.2) is 52.7 Å². The molecule has 23 heavy (non-hydrogen) atoms. The van der Waals surface area contributed by atoms with Gasteiger partial charge >= 0.3 is 0 Å². The maximum Gasteiger partial charge on any atom is 0.150 e. The highest BCUT2D eigenvalue weighted by atomic mass is 16.1. The Balaban J connectivity index is 1.92. The minimum absolute atomic E-state index is 0.513. The molecular formula is C16H16N6O. The highest BCUT2D eigenvalue weighted by Gasteiger charge is 2.22. The summed E-state index contributed by atoms with van der Waals surface area (Å²) in [6.45, 7) is 3.71. The van der Waals surface area contributed by atoms with Crippen molar-refractivity contribution in [2.24, 2.45) is 10.1 Å². The van der Waals surface area contributed by atoms with E-state index < -0.39 is 11.6 Å². The van der Waals surface area contributed by atoms with Gasteiger partial charge in [0.05, 0.1) is 11.2 Å². The van der Waals surface area contributed by atoms with Crippen molar-refractivity contribution in [3.63, 3.8) is 0 Å². The molecule has 0 aliphatic carbocycles. The fourth-order valence-corrected chi connectivity index (χ4v) is 2.53. The molecule has 116 valence electrons. The number of benzene rings is 1. The molecule has 1 aliphatic heterocycles. The molecule has 0 fully saturated rings. The van der Waals surface area contributed by atoms with Gasteiger partial charge in [-0.05, 0) is 23.2 Å². The maximum absolute atomic E-state index is 11.3. The lowest BCUT2D eigenvalue weighted by Crippen LogP contribution is -2.31. The Bertz CT molecular complexity index is 811. The van der Waals surface area contributed by atoms with E-state index in [0.29, 0.717) is 5.84 Å². The molecule has 1 atom stereocenters. The van der Waals surface area contributed by atoms with Gasteiger partial charge < -0.3 is 4.79 Å². The Labute approximate surface area is 133 Å². The van der Waals surface area contributed by atoms with Crippen molar-refractivity contribution in [1.82, 2.24) is 4.68 Å². The van der Waals surface area contributed by atoms with Crippen molar-refractivity contribution >= 4 is 12.1 Å². The first-order chi connectivity index (χ1) is 11.0. The van der Waals surface area contributed by atoms with Crippen LogP contribution in [0.25, 0.3) is 10.4 Å². The summed E-state index contributed by atoms with van der Waals surface area (Å²) >= 11 is 0. The maximum atomic E-state index is 11.3. The molecule has 1 aliphatic rings. The lowest BCUT2D eigenvalue weighted by atomic mass is 9.94. The molecule has 0 amide bonds. The van der Waals surface area contributed by atoms with Gasteiger partial charge in [0.25, 0.3) is 0 Å². The Kier molecular flexibility index (Phi) is 3.64. The minimum atomic E-state index is -0.617. The Morgan fingerprint density at radius 2 is 2.09 bits per heavy atom. The summed E-state index contributed by atoms with van der Waals surface area (Å²) in [6.07, 6.45) is 2.67. The highest BCUT2D eigenvalue weighted by Crippen LogP contribution is 2.26. The third-order valence-corrected chi connectivity index (χ3v) is 3.87. The second-order valence-electron chi connectivity index (χ2n) is 5.80. The molecule has 3 rings (SSSR count). The third-order valence-electron chi connectivity index (χ3n) is 3.87. The van der Waals surface area contributed by atoms with Gasteiger partial charge in [-0.1, -0.05) is 43.2 Å². The van der Waals surface area contributed by atoms with E-state index in [4.69, 9.17) is 5.53 Å². The van der Waals surface area contributed by atoms with Crippen molar-refractivity contribution in [3.05, 3.63) is 69.9 Å². The molecule has 2 aromatic rings. The normalized spacial score (nSPS) is 16.6. The van der Waals surface area contributed by atoms with Crippen molar-refractivity contribution < 1.29 is 4.79 Å². The number of amidine groups is 1. The number of nitrogens with one attached hydrogen (secondary N) is 1. The molecule has 0 saturated carbocycles. The number of nitrogens with zero attached hydrogens (tertiary/aromatic N) is 5. The van der Waals surface area contributed by atoms with Crippen molar-refractivity contribution in [2.45, 2.75) is 25.4 Å². The molecule has 1 N–H and O–H groups in total. The minimum Gasteiger partial charge on any atom is -0.301 e. The van der Waals surface area contributed by atoms with E-state index in [1.54, 1.807) is 4.68 Å². The van der Waals surface area contributed by atoms with Gasteiger partial charge in [0.2, 0.25) is 0 Å². The third kappa shape index (κ3) is 2.69. The molecule has 1 aromatic carbocycles. The van der Waals surface area contributed by atoms with Crippen LogP contribution < -0.4 is 5.43 Å². The first-order valence-corrected chi connectivity index (χ1v) is 7.20. The van der Waals surface area contributed by atoms with Crippen molar-refractivity contribution in [3.8, 4) is 0 Å². The summed E-state index contributed by atoms with van der Waals surface area (Å²) in [5, 5.41) is 3.80. The van der Waals surface area contributed by atoms with Crippen LogP contribution in [0, 0.1) is 0 Å². The number of hydrogen-bond acceptors (Lipinski definition) is 4. The predicted octanol–water partition coefficient (Wildman–Crippen LogP) is 3.28. The zero-order valence-corrected chi connectivity index (χ0v) is 12.8. The summed E-state index contributed by atoms with van der Waals surface area (Å²) in [7, 11) is 0. The van der Waals surface area contributed by atoms with Crippen LogP contribution in [0.5, 0.6) is 0 Å². The molecule has 1 aromatic heterocycles. The van der Waals surface area contributed by atoms with Gasteiger partial charge in [0.15, 0.2) is 6.29 Å². The largest absolute Gasteiger partial charge is 0.301 e. The van der Waals surface area contributed by atoms with E-state index in [9.17, 15) is 4.79 Å². The number of azide groups is 1. The molecule has 0 bridgehead atoms. The average Bonchev–Trinajstić information content (AvgIpc) is 3.02. The topological polar surface area (TPSA) is 95.2 Å². The summed E-state index contributed by atoms with van der Waals surface area (Å²) in [5.74, 6) is 0.624. The Hall–Kier alpha value is -3.05. The Morgan fingerprint density at radius 1 is 1.35 bits per heavy atom. The van der Waals surface area contributed by atoms with Gasteiger partial charge in [-0.25, -0.2) is 4.99 Å². The number of hydrogen-bond donors (Lipinski definition) is 1. The zero-order valence-electron chi connectivity index (χ0n) is 12.8. The summed E-state index contributed by atoms with van der Waals surface area (Å²) in [4.78, 5) is 18.6. The zero-order chi connectivity index (χ0) is 16.4. The number of carbonyl (C=O) groups is 1. The number of fused-ring (bicyclic) bond motifs is 1. The number of carbonyl (C=O) groups excluding carboxylic acids is 1. The molecule has 7 heteroatoms. The van der Waals surface area contributed by atoms with Crippen LogP contribution in [0.3, 0.4) is 0 Å². The summed E-state index contributed by atoms with van der Waals surface area (Å²) in [5.41, 5.74) is 13.8. The standard InChI is InChI=1S/C16H16N6O/c1-16(2,20-21-17)12-7-5-11(6-8-12)15-18-13(10-23)14-4-3-9-22(14)19-15/h3-10,13H,1-2H3,(H,18,19). The van der Waals surface area contributed by atoms with Gasteiger partial charge in [-0.3, -0.25) is 10.1 Å². The number of aromatic nitrogens is 1. The second kappa shape index (κ2) is 5.62. The molecular weight excluding hydrogens is 292 g/mol. The van der Waals surface area contributed by atoms with E-state index >= 15 is 0 Å². The fraction of sp³-hybridized carbons (Fsp3) is 0.250. The molecule has 1 unspecified atom stereocenters. The van der Waals surface area contributed by atoms with E-state index in [0.717, 1.165) is 23.1 Å². The summed E-state index contributed by atoms with van der Waals surface area (Å²) in [6, 6.07) is 10.8. The SMILES string of the molecule is CC(C)(N=[N+]=[N-])c1ccc(C2=NC(C=O)c3cccn3N2)cc1. The lowest BCUT2D eigenvalue weighted by Gasteiger charge is -2.23. The Morgan fingerprint density at radius 3 is 2.74 bits per heavy atom. The lowest BCUT2D eigenvalue weighted by molar-refractivity contribution is -0.109. The van der Waals surface area contributed by atoms with Gasteiger partial charge in [0, 0.05) is 16.7 Å². The van der Waals surface area contributed by atoms with Crippen LogP contribution in [0.4, 0.5) is 0 Å². The van der Waals surface area contributed by atoms with Crippen LogP contribution in [0.1, 0.15) is 36.7 Å². The molecule has 0 spiro atoms. The van der Waals surface area contributed by atoms with Crippen LogP contribution in [-0.2, 0) is 10.3 Å². The fourth-order valence-electron chi connectivity index (χ4n) is 2.53. The van der Waals surface area contributed by atoms with E-state index in [-0.39, 0.29) is 0 Å². The van der Waals surface area contributed by atoms with Crippen molar-refractivity contribution in [1.29, 1.82) is 0 Å². The van der Waals surface area contributed by atoms with Gasteiger partial charge in [0.1, 0.15) is 11.9 Å². The van der Waals surface area contributed by atoms with E-state index in [2.05, 4.69) is 20.4 Å². The average molecular weight is 308 g/mol. The first kappa shape index (κ1) is 14.9. The van der Waals surface area contributed by atoms with Gasteiger partial charge in [-0.2, -0.15) is 0 Å². The molecule has 0 saturated heterocycles. The smallest absolute Gasteiger partial charge is 0.150 e. The van der Waals surface area contributed by atoms with Crippen molar-refractivity contribution in [2.75, 3.05) is 5.43 Å². The van der Waals surface area contributed by atoms with Crippen LogP contribution >= 0.6 is 0 Å². The summed E-state index contributed by atoms with van der Waals surface area (Å²) < 4.78 is 1.79. The number of rotatable bonds is 4. The van der Waals surface area contributed by atoms with Gasteiger partial charge in [-0.15, -0.1) is 0 Å².